The predicted molar refractivity (Wildman–Crippen MR) is 92.1 cm³/mol. The highest BCUT2D eigenvalue weighted by Crippen LogP contribution is 2.21. The zero-order valence-corrected chi connectivity index (χ0v) is 14.2. The molecule has 5 heteroatoms. The Hall–Kier alpha value is -2.27. The van der Waals surface area contributed by atoms with Crippen LogP contribution >= 0.6 is 0 Å². The Kier molecular flexibility index (Phi) is 4.90. The van der Waals surface area contributed by atoms with Crippen molar-refractivity contribution in [1.29, 1.82) is 0 Å². The first-order valence-corrected chi connectivity index (χ1v) is 8.36. The van der Waals surface area contributed by atoms with Crippen LogP contribution in [0.2, 0.25) is 0 Å². The third-order valence-corrected chi connectivity index (χ3v) is 4.40. The molecule has 1 amide bonds. The fourth-order valence-corrected chi connectivity index (χ4v) is 2.94. The number of carbonyl (C=O) groups is 1. The largest absolute Gasteiger partial charge is 0.485 e. The number of nitrogens with zero attached hydrogens (tertiary/aromatic N) is 1. The van der Waals surface area contributed by atoms with Crippen LogP contribution in [0.1, 0.15) is 40.3 Å². The molecule has 0 saturated carbocycles. The number of rotatable bonds is 4. The van der Waals surface area contributed by atoms with Crippen LogP contribution in [0.3, 0.4) is 0 Å². The van der Waals surface area contributed by atoms with Crippen LogP contribution < -0.4 is 10.5 Å². The number of amides is 1. The number of furan rings is 1. The molecule has 0 spiro atoms. The fourth-order valence-electron chi connectivity index (χ4n) is 2.94. The summed E-state index contributed by atoms with van der Waals surface area (Å²) in [6.45, 7) is 5.75. The minimum Gasteiger partial charge on any atom is -0.485 e. The van der Waals surface area contributed by atoms with E-state index >= 15 is 0 Å². The van der Waals surface area contributed by atoms with Crippen molar-refractivity contribution >= 4 is 5.91 Å². The number of piperidine rings is 1. The Morgan fingerprint density at radius 2 is 2.00 bits per heavy atom. The second-order valence-corrected chi connectivity index (χ2v) is 6.45. The maximum Gasteiger partial charge on any atom is 0.289 e. The zero-order valence-electron chi connectivity index (χ0n) is 14.2. The molecule has 128 valence electrons. The standard InChI is InChI=1S/C19H24N2O3/c1-13-3-5-17(14(2)11-13)23-12-16-4-6-18(24-16)19(22)21-9-7-15(20)8-10-21/h3-6,11,15H,7-10,12,20H2,1-2H3. The minimum atomic E-state index is -0.0698. The fraction of sp³-hybridized carbons (Fsp3) is 0.421. The molecule has 5 nitrogen and oxygen atoms in total. The normalized spacial score (nSPS) is 15.5. The van der Waals surface area contributed by atoms with Gasteiger partial charge >= 0.3 is 0 Å². The van der Waals surface area contributed by atoms with E-state index in [1.54, 1.807) is 17.0 Å². The van der Waals surface area contributed by atoms with Gasteiger partial charge in [0.1, 0.15) is 18.1 Å². The second kappa shape index (κ2) is 7.09. The first-order valence-electron chi connectivity index (χ1n) is 8.36. The van der Waals surface area contributed by atoms with Gasteiger partial charge in [0.05, 0.1) is 0 Å². The number of ether oxygens (including phenoxy) is 1. The summed E-state index contributed by atoms with van der Waals surface area (Å²) in [4.78, 5) is 14.2. The topological polar surface area (TPSA) is 68.7 Å². The van der Waals surface area contributed by atoms with Crippen LogP contribution in [0.25, 0.3) is 0 Å². The van der Waals surface area contributed by atoms with Crippen LogP contribution in [-0.2, 0) is 6.61 Å². The van der Waals surface area contributed by atoms with E-state index in [4.69, 9.17) is 14.9 Å². The number of benzene rings is 1. The molecule has 24 heavy (non-hydrogen) atoms. The van der Waals surface area contributed by atoms with Crippen molar-refractivity contribution in [2.75, 3.05) is 13.1 Å². The molecule has 0 bridgehead atoms. The third kappa shape index (κ3) is 3.79. The molecule has 1 aliphatic heterocycles. The second-order valence-electron chi connectivity index (χ2n) is 6.45. The number of nitrogens with two attached hydrogens (primary N) is 1. The Morgan fingerprint density at radius 1 is 1.25 bits per heavy atom. The van der Waals surface area contributed by atoms with E-state index < -0.39 is 0 Å². The molecule has 1 fully saturated rings. The summed E-state index contributed by atoms with van der Waals surface area (Å²) in [6, 6.07) is 9.77. The molecule has 0 aliphatic carbocycles. The van der Waals surface area contributed by atoms with E-state index in [1.807, 2.05) is 19.1 Å². The monoisotopic (exact) mass is 328 g/mol. The van der Waals surface area contributed by atoms with Crippen LogP contribution in [0.4, 0.5) is 0 Å². The molecule has 0 unspecified atom stereocenters. The van der Waals surface area contributed by atoms with Gasteiger partial charge in [-0.25, -0.2) is 0 Å². The van der Waals surface area contributed by atoms with Gasteiger partial charge < -0.3 is 19.8 Å². The lowest BCUT2D eigenvalue weighted by atomic mass is 10.1. The lowest BCUT2D eigenvalue weighted by Crippen LogP contribution is -2.42. The van der Waals surface area contributed by atoms with Crippen molar-refractivity contribution in [2.45, 2.75) is 39.3 Å². The molecule has 2 aromatic rings. The van der Waals surface area contributed by atoms with Crippen molar-refractivity contribution in [1.82, 2.24) is 4.90 Å². The molecule has 1 saturated heterocycles. The van der Waals surface area contributed by atoms with E-state index in [0.29, 0.717) is 31.2 Å². The zero-order chi connectivity index (χ0) is 17.1. The molecule has 1 aromatic carbocycles. The van der Waals surface area contributed by atoms with E-state index in [9.17, 15) is 4.79 Å². The molecule has 3 rings (SSSR count). The summed E-state index contributed by atoms with van der Waals surface area (Å²) < 4.78 is 11.5. The smallest absolute Gasteiger partial charge is 0.289 e. The highest BCUT2D eigenvalue weighted by atomic mass is 16.5. The first kappa shape index (κ1) is 16.6. The van der Waals surface area contributed by atoms with Gasteiger partial charge in [0.25, 0.3) is 5.91 Å². The SMILES string of the molecule is Cc1ccc(OCc2ccc(C(=O)N3CCC(N)CC3)o2)c(C)c1. The van der Waals surface area contributed by atoms with Gasteiger partial charge in [-0.3, -0.25) is 4.79 Å². The third-order valence-electron chi connectivity index (χ3n) is 4.40. The summed E-state index contributed by atoms with van der Waals surface area (Å²) in [7, 11) is 0. The number of hydrogen-bond acceptors (Lipinski definition) is 4. The van der Waals surface area contributed by atoms with Crippen molar-refractivity contribution in [3.05, 3.63) is 53.0 Å². The van der Waals surface area contributed by atoms with Gasteiger partial charge in [-0.05, 0) is 50.5 Å². The van der Waals surface area contributed by atoms with Crippen molar-refractivity contribution in [3.63, 3.8) is 0 Å². The average molecular weight is 328 g/mol. The van der Waals surface area contributed by atoms with Crippen LogP contribution in [-0.4, -0.2) is 29.9 Å². The van der Waals surface area contributed by atoms with E-state index in [0.717, 1.165) is 24.2 Å². The average Bonchev–Trinajstić information content (AvgIpc) is 3.03. The van der Waals surface area contributed by atoms with Gasteiger partial charge in [-0.1, -0.05) is 17.7 Å². The molecular formula is C19H24N2O3. The van der Waals surface area contributed by atoms with Crippen molar-refractivity contribution in [2.24, 2.45) is 5.73 Å². The minimum absolute atomic E-state index is 0.0698. The summed E-state index contributed by atoms with van der Waals surface area (Å²) in [6.07, 6.45) is 1.68. The number of carbonyl (C=O) groups excluding carboxylic acids is 1. The van der Waals surface area contributed by atoms with E-state index in [2.05, 4.69) is 13.0 Å². The highest BCUT2D eigenvalue weighted by molar-refractivity contribution is 5.91. The van der Waals surface area contributed by atoms with E-state index in [1.165, 1.54) is 5.56 Å². The Bertz CT molecular complexity index is 715. The maximum atomic E-state index is 12.4. The maximum absolute atomic E-state index is 12.4. The van der Waals surface area contributed by atoms with Gasteiger partial charge in [-0.2, -0.15) is 0 Å². The van der Waals surface area contributed by atoms with Gasteiger partial charge in [0.15, 0.2) is 5.76 Å². The molecule has 2 N–H and O–H groups in total. The van der Waals surface area contributed by atoms with Crippen LogP contribution in [0, 0.1) is 13.8 Å². The highest BCUT2D eigenvalue weighted by Gasteiger charge is 2.23. The molecular weight excluding hydrogens is 304 g/mol. The Balaban J connectivity index is 1.60. The molecule has 0 atom stereocenters. The van der Waals surface area contributed by atoms with Crippen molar-refractivity contribution in [3.8, 4) is 5.75 Å². The van der Waals surface area contributed by atoms with Gasteiger partial charge in [0.2, 0.25) is 0 Å². The van der Waals surface area contributed by atoms with Crippen LogP contribution in [0.15, 0.2) is 34.7 Å². The van der Waals surface area contributed by atoms with E-state index in [-0.39, 0.29) is 11.9 Å². The number of likely N-dealkylation sites (tertiary alicyclic amines) is 1. The van der Waals surface area contributed by atoms with Crippen molar-refractivity contribution < 1.29 is 13.9 Å². The number of hydrogen-bond donors (Lipinski definition) is 1. The lowest BCUT2D eigenvalue weighted by molar-refractivity contribution is 0.0678. The quantitative estimate of drug-likeness (QED) is 0.936. The Labute approximate surface area is 142 Å². The van der Waals surface area contributed by atoms with Crippen LogP contribution in [0.5, 0.6) is 5.75 Å². The molecule has 1 aromatic heterocycles. The van der Waals surface area contributed by atoms with Gasteiger partial charge in [0, 0.05) is 19.1 Å². The summed E-state index contributed by atoms with van der Waals surface area (Å²) >= 11 is 0. The lowest BCUT2D eigenvalue weighted by Gasteiger charge is -2.29. The number of aryl methyl sites for hydroxylation is 2. The molecule has 0 radical (unpaired) electrons. The van der Waals surface area contributed by atoms with Gasteiger partial charge in [-0.15, -0.1) is 0 Å². The summed E-state index contributed by atoms with van der Waals surface area (Å²) in [5.74, 6) is 1.77. The predicted octanol–water partition coefficient (Wildman–Crippen LogP) is 3.04. The Morgan fingerprint density at radius 3 is 2.71 bits per heavy atom. The first-order chi connectivity index (χ1) is 11.5. The molecule has 1 aliphatic rings. The molecule has 2 heterocycles. The summed E-state index contributed by atoms with van der Waals surface area (Å²) in [5, 5.41) is 0. The summed E-state index contributed by atoms with van der Waals surface area (Å²) in [5.41, 5.74) is 8.16.